The van der Waals surface area contributed by atoms with E-state index in [0.717, 1.165) is 14.7 Å². The number of halogens is 3. The number of likely N-dealkylation sites (N-methyl/N-ethyl adjacent to an activating group) is 1. The number of nitro groups is 1. The predicted molar refractivity (Wildman–Crippen MR) is 123 cm³/mol. The van der Waals surface area contributed by atoms with Crippen molar-refractivity contribution in [1.82, 2.24) is 9.88 Å². The summed E-state index contributed by atoms with van der Waals surface area (Å²) < 4.78 is 1.82. The number of anilines is 1. The summed E-state index contributed by atoms with van der Waals surface area (Å²) in [6.45, 7) is 0.899. The summed E-state index contributed by atoms with van der Waals surface area (Å²) in [6, 6.07) is 9.63. The second kappa shape index (κ2) is 9.82. The lowest BCUT2D eigenvalue weighted by Crippen LogP contribution is -2.37. The van der Waals surface area contributed by atoms with Gasteiger partial charge in [-0.3, -0.25) is 19.8 Å². The summed E-state index contributed by atoms with van der Waals surface area (Å²) in [6.07, 6.45) is 0. The molecule has 1 amide bonds. The third-order valence-electron chi connectivity index (χ3n) is 3.97. The summed E-state index contributed by atoms with van der Waals surface area (Å²) in [5.74, 6) is -0.505. The first-order chi connectivity index (χ1) is 13.3. The first-order valence-corrected chi connectivity index (χ1v) is 10.2. The fraction of sp³-hybridized carbons (Fsp3) is 0.222. The third-order valence-corrected chi connectivity index (χ3v) is 5.74. The molecule has 0 fully saturated rings. The van der Waals surface area contributed by atoms with Gasteiger partial charge in [-0.25, -0.2) is 4.98 Å². The van der Waals surface area contributed by atoms with Gasteiger partial charge >= 0.3 is 0 Å². The van der Waals surface area contributed by atoms with Crippen LogP contribution in [0, 0.1) is 10.1 Å². The van der Waals surface area contributed by atoms with Gasteiger partial charge in [0.1, 0.15) is 5.56 Å². The first kappa shape index (κ1) is 23.5. The molecule has 0 saturated carbocycles. The number of hydrogen-bond donors (Lipinski definition) is 0. The highest BCUT2D eigenvalue weighted by molar-refractivity contribution is 9.10. The van der Waals surface area contributed by atoms with Crippen molar-refractivity contribution >= 4 is 78.2 Å². The summed E-state index contributed by atoms with van der Waals surface area (Å²) >= 11 is 10.8. The van der Waals surface area contributed by atoms with Gasteiger partial charge < -0.3 is 4.90 Å². The van der Waals surface area contributed by atoms with Crippen molar-refractivity contribution in [2.75, 3.05) is 32.1 Å². The SMILES string of the molecule is CN(C)CCN(C(=O)c1cc(Cl)ccc1[N+](=O)[O-])c1nc2ccc(Br)cc2s1.Cl. The van der Waals surface area contributed by atoms with Gasteiger partial charge in [0.2, 0.25) is 0 Å². The third kappa shape index (κ3) is 5.43. The van der Waals surface area contributed by atoms with Crippen molar-refractivity contribution in [1.29, 1.82) is 0 Å². The second-order valence-corrected chi connectivity index (χ2v) is 8.65. The van der Waals surface area contributed by atoms with E-state index in [1.807, 2.05) is 37.2 Å². The Labute approximate surface area is 191 Å². The highest BCUT2D eigenvalue weighted by Gasteiger charge is 2.28. The molecule has 0 saturated heterocycles. The van der Waals surface area contributed by atoms with E-state index >= 15 is 0 Å². The topological polar surface area (TPSA) is 79.6 Å². The van der Waals surface area contributed by atoms with Gasteiger partial charge in [-0.05, 0) is 44.4 Å². The minimum atomic E-state index is -0.580. The summed E-state index contributed by atoms with van der Waals surface area (Å²) in [5, 5.41) is 12.1. The highest BCUT2D eigenvalue weighted by atomic mass is 79.9. The number of hydrogen-bond acceptors (Lipinski definition) is 6. The van der Waals surface area contributed by atoms with Crippen LogP contribution < -0.4 is 4.90 Å². The molecule has 1 aromatic heterocycles. The van der Waals surface area contributed by atoms with Crippen LogP contribution in [0.25, 0.3) is 10.2 Å². The Morgan fingerprint density at radius 1 is 1.24 bits per heavy atom. The molecule has 0 bridgehead atoms. The maximum Gasteiger partial charge on any atom is 0.282 e. The van der Waals surface area contributed by atoms with Crippen molar-refractivity contribution in [2.24, 2.45) is 0 Å². The lowest BCUT2D eigenvalue weighted by molar-refractivity contribution is -0.385. The maximum absolute atomic E-state index is 13.3. The zero-order valence-electron chi connectivity index (χ0n) is 15.5. The van der Waals surface area contributed by atoms with Gasteiger partial charge in [-0.1, -0.05) is 38.9 Å². The number of nitro benzene ring substituents is 1. The summed E-state index contributed by atoms with van der Waals surface area (Å²) in [7, 11) is 3.78. The minimum absolute atomic E-state index is 0. The van der Waals surface area contributed by atoms with Crippen LogP contribution in [0.3, 0.4) is 0 Å². The van der Waals surface area contributed by atoms with Crippen LogP contribution in [0.15, 0.2) is 40.9 Å². The zero-order chi connectivity index (χ0) is 20.4. The number of benzene rings is 2. The molecule has 0 unspecified atom stereocenters. The van der Waals surface area contributed by atoms with Gasteiger partial charge in [0, 0.05) is 28.7 Å². The van der Waals surface area contributed by atoms with Crippen LogP contribution >= 0.6 is 51.3 Å². The molecule has 0 aliphatic carbocycles. The number of fused-ring (bicyclic) bond motifs is 1. The zero-order valence-corrected chi connectivity index (χ0v) is 19.4. The van der Waals surface area contributed by atoms with E-state index in [1.54, 1.807) is 0 Å². The molecule has 29 heavy (non-hydrogen) atoms. The maximum atomic E-state index is 13.3. The molecule has 11 heteroatoms. The van der Waals surface area contributed by atoms with Crippen molar-refractivity contribution < 1.29 is 9.72 Å². The summed E-state index contributed by atoms with van der Waals surface area (Å²) in [4.78, 5) is 32.1. The fourth-order valence-electron chi connectivity index (χ4n) is 2.57. The van der Waals surface area contributed by atoms with Crippen molar-refractivity contribution in [3.63, 3.8) is 0 Å². The molecule has 3 rings (SSSR count). The number of rotatable bonds is 6. The van der Waals surface area contributed by atoms with E-state index in [0.29, 0.717) is 18.2 Å². The summed E-state index contributed by atoms with van der Waals surface area (Å²) in [5.41, 5.74) is 0.413. The lowest BCUT2D eigenvalue weighted by atomic mass is 10.1. The van der Waals surface area contributed by atoms with Crippen LogP contribution in [-0.4, -0.2) is 47.9 Å². The highest BCUT2D eigenvalue weighted by Crippen LogP contribution is 2.33. The van der Waals surface area contributed by atoms with E-state index in [4.69, 9.17) is 11.6 Å². The van der Waals surface area contributed by atoms with Gasteiger partial charge in [-0.15, -0.1) is 12.4 Å². The van der Waals surface area contributed by atoms with Crippen LogP contribution in [0.1, 0.15) is 10.4 Å². The molecule has 0 N–H and O–H groups in total. The number of aromatic nitrogens is 1. The molecule has 154 valence electrons. The Morgan fingerprint density at radius 2 is 1.97 bits per heavy atom. The molecule has 1 heterocycles. The number of thiazole rings is 1. The van der Waals surface area contributed by atoms with Crippen molar-refractivity contribution in [3.05, 3.63) is 61.6 Å². The van der Waals surface area contributed by atoms with E-state index in [9.17, 15) is 14.9 Å². The Hall–Kier alpha value is -1.78. The quantitative estimate of drug-likeness (QED) is 0.328. The smallest absolute Gasteiger partial charge is 0.282 e. The van der Waals surface area contributed by atoms with E-state index in [1.165, 1.54) is 34.4 Å². The molecule has 2 aromatic carbocycles. The van der Waals surface area contributed by atoms with Crippen LogP contribution in [0.2, 0.25) is 5.02 Å². The monoisotopic (exact) mass is 518 g/mol. The van der Waals surface area contributed by atoms with Crippen LogP contribution in [0.4, 0.5) is 10.8 Å². The van der Waals surface area contributed by atoms with Crippen LogP contribution in [-0.2, 0) is 0 Å². The molecular weight excluding hydrogens is 503 g/mol. The number of amides is 1. The first-order valence-electron chi connectivity index (χ1n) is 8.23. The predicted octanol–water partition coefficient (Wildman–Crippen LogP) is 5.25. The largest absolute Gasteiger partial charge is 0.308 e. The minimum Gasteiger partial charge on any atom is -0.308 e. The van der Waals surface area contributed by atoms with Crippen LogP contribution in [0.5, 0.6) is 0 Å². The lowest BCUT2D eigenvalue weighted by Gasteiger charge is -2.22. The van der Waals surface area contributed by atoms with Crippen molar-refractivity contribution in [3.8, 4) is 0 Å². The van der Waals surface area contributed by atoms with E-state index in [2.05, 4.69) is 20.9 Å². The number of carbonyl (C=O) groups excluding carboxylic acids is 1. The van der Waals surface area contributed by atoms with Gasteiger partial charge in [-0.2, -0.15) is 0 Å². The molecule has 0 atom stereocenters. The van der Waals surface area contributed by atoms with Gasteiger partial charge in [0.15, 0.2) is 5.13 Å². The normalized spacial score (nSPS) is 10.8. The molecule has 0 spiro atoms. The number of nitrogens with zero attached hydrogens (tertiary/aromatic N) is 4. The Bertz CT molecular complexity index is 1060. The molecule has 0 aliphatic rings. The van der Waals surface area contributed by atoms with E-state index in [-0.39, 0.29) is 28.7 Å². The average molecular weight is 520 g/mol. The molecular formula is C18H17BrCl2N4O3S. The molecule has 0 aliphatic heterocycles. The Balaban J connectivity index is 0.00000300. The molecule has 3 aromatic rings. The van der Waals surface area contributed by atoms with Crippen molar-refractivity contribution in [2.45, 2.75) is 0 Å². The number of carbonyl (C=O) groups is 1. The van der Waals surface area contributed by atoms with Gasteiger partial charge in [0.25, 0.3) is 11.6 Å². The van der Waals surface area contributed by atoms with Gasteiger partial charge in [0.05, 0.1) is 15.1 Å². The average Bonchev–Trinajstić information content (AvgIpc) is 3.03. The standard InChI is InChI=1S/C18H16BrClN4O3S.ClH/c1-22(2)7-8-23(18-21-14-5-3-11(19)9-16(14)28-18)17(25)13-10-12(20)4-6-15(13)24(26)27;/h3-6,9-10H,7-8H2,1-2H3;1H. The second-order valence-electron chi connectivity index (χ2n) is 6.29. The Morgan fingerprint density at radius 3 is 2.62 bits per heavy atom. The Kier molecular flexibility index (Phi) is 7.95. The molecule has 0 radical (unpaired) electrons. The van der Waals surface area contributed by atoms with E-state index < -0.39 is 10.8 Å². The molecule has 7 nitrogen and oxygen atoms in total. The fourth-order valence-corrected chi connectivity index (χ4v) is 4.28.